The summed E-state index contributed by atoms with van der Waals surface area (Å²) in [6.07, 6.45) is 2.90. The second-order valence-corrected chi connectivity index (χ2v) is 1.68. The van der Waals surface area contributed by atoms with Crippen LogP contribution in [0.2, 0.25) is 0 Å². The molecule has 0 radical (unpaired) electrons. The lowest BCUT2D eigenvalue weighted by molar-refractivity contribution is -0.122. The van der Waals surface area contributed by atoms with Gasteiger partial charge in [-0.2, -0.15) is 0 Å². The molecule has 4 nitrogen and oxygen atoms in total. The number of carbonyl (C=O) groups is 2. The van der Waals surface area contributed by atoms with Crippen molar-refractivity contribution >= 4 is 11.8 Å². The molecule has 0 bridgehead atoms. The van der Waals surface area contributed by atoms with Crippen molar-refractivity contribution in [3.05, 3.63) is 12.2 Å². The Hall–Kier alpha value is -1.32. The van der Waals surface area contributed by atoms with Crippen LogP contribution in [0.15, 0.2) is 12.2 Å². The molecule has 0 heterocycles. The predicted molar refractivity (Wildman–Crippen MR) is 37.0 cm³/mol. The van der Waals surface area contributed by atoms with Gasteiger partial charge >= 0.3 is 0 Å². The highest BCUT2D eigenvalue weighted by atomic mass is 16.2. The highest BCUT2D eigenvalue weighted by molar-refractivity contribution is 5.90. The summed E-state index contributed by atoms with van der Waals surface area (Å²) in [5.74, 6) is -0.848. The van der Waals surface area contributed by atoms with E-state index in [-0.39, 0.29) is 12.5 Å². The Balaban J connectivity index is 3.50. The van der Waals surface area contributed by atoms with Crippen LogP contribution >= 0.6 is 0 Å². The summed E-state index contributed by atoms with van der Waals surface area (Å²) in [7, 11) is 0. The quantitative estimate of drug-likeness (QED) is 0.504. The van der Waals surface area contributed by atoms with Crippen molar-refractivity contribution in [2.75, 3.05) is 6.54 Å². The number of hydrogen-bond acceptors (Lipinski definition) is 2. The zero-order valence-electron chi connectivity index (χ0n) is 5.76. The minimum absolute atomic E-state index is 0.108. The van der Waals surface area contributed by atoms with Crippen LogP contribution in [0.1, 0.15) is 6.92 Å². The Labute approximate surface area is 59.1 Å². The third-order valence-corrected chi connectivity index (χ3v) is 0.755. The molecule has 3 N–H and O–H groups in total. The summed E-state index contributed by atoms with van der Waals surface area (Å²) in [5.41, 5.74) is 4.76. The molecule has 0 fully saturated rings. The number of primary amides is 1. The Bertz CT molecular complexity index is 163. The lowest BCUT2D eigenvalue weighted by Crippen LogP contribution is -2.32. The molecule has 0 unspecified atom stereocenters. The second-order valence-electron chi connectivity index (χ2n) is 1.68. The molecule has 0 aliphatic heterocycles. The molecule has 0 aromatic heterocycles. The summed E-state index contributed by atoms with van der Waals surface area (Å²) in [4.78, 5) is 20.6. The molecule has 4 heteroatoms. The molecule has 10 heavy (non-hydrogen) atoms. The maximum absolute atomic E-state index is 10.5. The largest absolute Gasteiger partial charge is 0.368 e. The summed E-state index contributed by atoms with van der Waals surface area (Å²) >= 11 is 0. The van der Waals surface area contributed by atoms with Crippen molar-refractivity contribution in [3.8, 4) is 0 Å². The highest BCUT2D eigenvalue weighted by Crippen LogP contribution is 1.69. The molecule has 0 atom stereocenters. The number of amides is 2. The number of allylic oxidation sites excluding steroid dienone is 1. The van der Waals surface area contributed by atoms with Crippen molar-refractivity contribution in [2.45, 2.75) is 6.92 Å². The number of hydrogen-bond donors (Lipinski definition) is 2. The number of nitrogens with two attached hydrogens (primary N) is 1. The Morgan fingerprint density at radius 3 is 2.60 bits per heavy atom. The van der Waals surface area contributed by atoms with E-state index in [0.717, 1.165) is 0 Å². The van der Waals surface area contributed by atoms with Gasteiger partial charge in [0, 0.05) is 0 Å². The summed E-state index contributed by atoms with van der Waals surface area (Å²) in [6.45, 7) is 1.60. The van der Waals surface area contributed by atoms with Crippen molar-refractivity contribution in [1.82, 2.24) is 5.32 Å². The number of nitrogens with one attached hydrogen (secondary N) is 1. The Morgan fingerprint density at radius 2 is 2.20 bits per heavy atom. The van der Waals surface area contributed by atoms with E-state index in [2.05, 4.69) is 5.32 Å². The molecule has 2 amide bonds. The molecule has 0 aromatic carbocycles. The van der Waals surface area contributed by atoms with Gasteiger partial charge in [0.25, 0.3) is 0 Å². The van der Waals surface area contributed by atoms with Gasteiger partial charge in [-0.3, -0.25) is 9.59 Å². The Morgan fingerprint density at radius 1 is 1.60 bits per heavy atom. The fourth-order valence-electron chi connectivity index (χ4n) is 0.385. The minimum Gasteiger partial charge on any atom is -0.368 e. The number of carbonyl (C=O) groups excluding carboxylic acids is 2. The average molecular weight is 142 g/mol. The van der Waals surface area contributed by atoms with E-state index < -0.39 is 5.91 Å². The third kappa shape index (κ3) is 4.83. The molecular formula is C6H10N2O2. The fourth-order valence-corrected chi connectivity index (χ4v) is 0.385. The van der Waals surface area contributed by atoms with Crippen LogP contribution in [0, 0.1) is 0 Å². The first kappa shape index (κ1) is 8.68. The standard InChI is InChI=1S/C6H10N2O2/c1-2-3-6(10)8-4-5(7)9/h2-3H,4H2,1H3,(H2,7,9)(H,8,10)/b3-2+. The smallest absolute Gasteiger partial charge is 0.244 e. The predicted octanol–water partition coefficient (Wildman–Crippen LogP) is -0.836. The molecular weight excluding hydrogens is 132 g/mol. The average Bonchev–Trinajstić information content (AvgIpc) is 1.85. The van der Waals surface area contributed by atoms with Gasteiger partial charge in [-0.1, -0.05) is 6.08 Å². The van der Waals surface area contributed by atoms with Gasteiger partial charge in [0.05, 0.1) is 6.54 Å². The van der Waals surface area contributed by atoms with Gasteiger partial charge in [0.2, 0.25) is 11.8 Å². The first-order valence-corrected chi connectivity index (χ1v) is 2.85. The van der Waals surface area contributed by atoms with E-state index in [1.165, 1.54) is 6.08 Å². The van der Waals surface area contributed by atoms with E-state index in [1.807, 2.05) is 0 Å². The maximum Gasteiger partial charge on any atom is 0.244 e. The first-order chi connectivity index (χ1) is 4.66. The molecule has 0 rings (SSSR count). The van der Waals surface area contributed by atoms with Gasteiger partial charge in [-0.15, -0.1) is 0 Å². The monoisotopic (exact) mass is 142 g/mol. The van der Waals surface area contributed by atoms with E-state index in [9.17, 15) is 9.59 Å². The minimum atomic E-state index is -0.544. The third-order valence-electron chi connectivity index (χ3n) is 0.755. The molecule has 0 aromatic rings. The van der Waals surface area contributed by atoms with Crippen molar-refractivity contribution in [2.24, 2.45) is 5.73 Å². The molecule has 56 valence electrons. The summed E-state index contributed by atoms with van der Waals surface area (Å²) in [6, 6.07) is 0. The molecule has 0 spiro atoms. The normalized spacial score (nSPS) is 9.70. The first-order valence-electron chi connectivity index (χ1n) is 2.85. The van der Waals surface area contributed by atoms with Crippen LogP contribution in [-0.2, 0) is 9.59 Å². The van der Waals surface area contributed by atoms with E-state index in [1.54, 1.807) is 13.0 Å². The van der Waals surface area contributed by atoms with Gasteiger partial charge < -0.3 is 11.1 Å². The summed E-state index contributed by atoms with van der Waals surface area (Å²) in [5, 5.41) is 2.28. The lowest BCUT2D eigenvalue weighted by atomic mass is 10.5. The summed E-state index contributed by atoms with van der Waals surface area (Å²) < 4.78 is 0. The van der Waals surface area contributed by atoms with Crippen LogP contribution in [0.5, 0.6) is 0 Å². The topological polar surface area (TPSA) is 72.2 Å². The zero-order valence-corrected chi connectivity index (χ0v) is 5.76. The van der Waals surface area contributed by atoms with Crippen molar-refractivity contribution in [1.29, 1.82) is 0 Å². The SMILES string of the molecule is C/C=C/C(=O)NCC(N)=O. The van der Waals surface area contributed by atoms with E-state index in [0.29, 0.717) is 0 Å². The van der Waals surface area contributed by atoms with Crippen LogP contribution in [0.4, 0.5) is 0 Å². The van der Waals surface area contributed by atoms with Crippen LogP contribution in [0.3, 0.4) is 0 Å². The zero-order chi connectivity index (χ0) is 7.98. The van der Waals surface area contributed by atoms with E-state index in [4.69, 9.17) is 5.73 Å². The Kier molecular flexibility index (Phi) is 3.95. The molecule has 0 saturated heterocycles. The van der Waals surface area contributed by atoms with E-state index >= 15 is 0 Å². The highest BCUT2D eigenvalue weighted by Gasteiger charge is 1.95. The fraction of sp³-hybridized carbons (Fsp3) is 0.333. The van der Waals surface area contributed by atoms with Crippen molar-refractivity contribution < 1.29 is 9.59 Å². The lowest BCUT2D eigenvalue weighted by Gasteiger charge is -1.94. The van der Waals surface area contributed by atoms with Gasteiger partial charge in [0.1, 0.15) is 0 Å². The molecule has 0 aliphatic carbocycles. The van der Waals surface area contributed by atoms with Gasteiger partial charge in [-0.25, -0.2) is 0 Å². The maximum atomic E-state index is 10.5. The molecule has 0 saturated carbocycles. The van der Waals surface area contributed by atoms with Crippen LogP contribution in [-0.4, -0.2) is 18.4 Å². The van der Waals surface area contributed by atoms with Gasteiger partial charge in [-0.05, 0) is 13.0 Å². The van der Waals surface area contributed by atoms with Crippen LogP contribution < -0.4 is 11.1 Å². The van der Waals surface area contributed by atoms with Gasteiger partial charge in [0.15, 0.2) is 0 Å². The molecule has 0 aliphatic rings. The second kappa shape index (κ2) is 4.55. The number of rotatable bonds is 3. The van der Waals surface area contributed by atoms with Crippen molar-refractivity contribution in [3.63, 3.8) is 0 Å². The van der Waals surface area contributed by atoms with Crippen LogP contribution in [0.25, 0.3) is 0 Å².